The van der Waals surface area contributed by atoms with E-state index >= 15 is 0 Å². The van der Waals surface area contributed by atoms with Gasteiger partial charge in [-0.3, -0.25) is 10.4 Å². The van der Waals surface area contributed by atoms with E-state index in [1.165, 1.54) is 18.0 Å². The Morgan fingerprint density at radius 3 is 2.44 bits per heavy atom. The third kappa shape index (κ3) is 5.56. The van der Waals surface area contributed by atoms with E-state index in [2.05, 4.69) is 4.84 Å². The van der Waals surface area contributed by atoms with E-state index in [1.54, 1.807) is 31.2 Å². The van der Waals surface area contributed by atoms with Crippen LogP contribution in [0.5, 0.6) is 0 Å². The first kappa shape index (κ1) is 26.5. The lowest BCUT2D eigenvalue weighted by atomic mass is 10.1. The quantitative estimate of drug-likeness (QED) is 0.415. The lowest BCUT2D eigenvalue weighted by Crippen LogP contribution is -2.45. The third-order valence-corrected chi connectivity index (χ3v) is 10.1. The van der Waals surface area contributed by atoms with Gasteiger partial charge in [0.05, 0.1) is 18.0 Å². The molecule has 0 saturated carbocycles. The number of nitrogens with zero attached hydrogens (tertiary/aromatic N) is 3. The summed E-state index contributed by atoms with van der Waals surface area (Å²) in [5, 5.41) is 22.3. The minimum Gasteiger partial charge on any atom is -0.445 e. The minimum absolute atomic E-state index is 0.105. The van der Waals surface area contributed by atoms with E-state index in [0.29, 0.717) is 22.5 Å². The van der Waals surface area contributed by atoms with Crippen molar-refractivity contribution >= 4 is 37.5 Å². The van der Waals surface area contributed by atoms with Crippen molar-refractivity contribution in [3.63, 3.8) is 0 Å². The number of primary sulfonamides is 1. The first-order valence-corrected chi connectivity index (χ1v) is 13.6. The summed E-state index contributed by atoms with van der Waals surface area (Å²) in [7, 11) is -6.76. The Morgan fingerprint density at radius 2 is 1.88 bits per heavy atom. The number of hydrogen-bond donors (Lipinski definition) is 3. The number of rotatable bonds is 8. The monoisotopic (exact) mass is 536 g/mol. The SMILES string of the molecule is CCN(C(=O)OCc1ccccc1CON(O)O)[C@H]1CN(C)S(=O)(=O)c2sc(S(N)(=O)=O)cc21. The van der Waals surface area contributed by atoms with E-state index in [1.807, 2.05) is 0 Å². The number of hydrogen-bond acceptors (Lipinski definition) is 11. The summed E-state index contributed by atoms with van der Waals surface area (Å²) in [5.41, 5.74) is 1.24. The number of nitrogens with two attached hydrogens (primary N) is 1. The Balaban J connectivity index is 1.86. The number of benzene rings is 1. The van der Waals surface area contributed by atoms with Gasteiger partial charge in [0.15, 0.2) is 0 Å². The topological polar surface area (TPSA) is 180 Å². The second kappa shape index (κ2) is 10.2. The van der Waals surface area contributed by atoms with Gasteiger partial charge in [-0.1, -0.05) is 24.3 Å². The number of sulfonamides is 2. The molecule has 16 heteroatoms. The average molecular weight is 537 g/mol. The van der Waals surface area contributed by atoms with Crippen molar-refractivity contribution in [2.45, 2.75) is 34.6 Å². The molecule has 0 aliphatic carbocycles. The zero-order valence-corrected chi connectivity index (χ0v) is 20.6. The summed E-state index contributed by atoms with van der Waals surface area (Å²) in [6.45, 7) is 1.35. The molecule has 1 aliphatic heterocycles. The van der Waals surface area contributed by atoms with Gasteiger partial charge < -0.3 is 9.64 Å². The third-order valence-electron chi connectivity index (χ3n) is 5.17. The fourth-order valence-corrected chi connectivity index (χ4v) is 7.48. The van der Waals surface area contributed by atoms with E-state index in [9.17, 15) is 21.6 Å². The fraction of sp³-hybridized carbons (Fsp3) is 0.389. The number of carbonyl (C=O) groups is 1. The Hall–Kier alpha value is -2.15. The van der Waals surface area contributed by atoms with Crippen molar-refractivity contribution in [3.05, 3.63) is 47.0 Å². The predicted octanol–water partition coefficient (Wildman–Crippen LogP) is 1.24. The Bertz CT molecular complexity index is 1260. The van der Waals surface area contributed by atoms with Crippen LogP contribution in [0.2, 0.25) is 0 Å². The van der Waals surface area contributed by atoms with Crippen molar-refractivity contribution in [1.29, 1.82) is 0 Å². The molecule has 13 nitrogen and oxygen atoms in total. The van der Waals surface area contributed by atoms with E-state index < -0.39 is 37.6 Å². The molecule has 0 bridgehead atoms. The molecule has 188 valence electrons. The lowest BCUT2D eigenvalue weighted by molar-refractivity contribution is -0.497. The Morgan fingerprint density at radius 1 is 1.26 bits per heavy atom. The standard InChI is InChI=1S/C18H24N4O9S3/c1-3-21(18(23)30-10-12-6-4-5-7-13(12)11-31-22(24)25)15-9-20(2)34(28,29)17-14(15)8-16(32-17)33(19,26)27/h4-8,15,24-25H,3,9-11H2,1-2H3,(H2,19,26,27)/t15-/m0/s1. The molecule has 0 saturated heterocycles. The van der Waals surface area contributed by atoms with Crippen LogP contribution in [0, 0.1) is 0 Å². The molecule has 1 aliphatic rings. The van der Waals surface area contributed by atoms with Crippen molar-refractivity contribution in [1.82, 2.24) is 14.6 Å². The van der Waals surface area contributed by atoms with Crippen LogP contribution in [0.3, 0.4) is 0 Å². The number of fused-ring (bicyclic) bond motifs is 1. The molecule has 1 aromatic carbocycles. The van der Waals surface area contributed by atoms with Crippen LogP contribution in [-0.2, 0) is 42.8 Å². The molecule has 3 rings (SSSR count). The van der Waals surface area contributed by atoms with Gasteiger partial charge >= 0.3 is 6.09 Å². The summed E-state index contributed by atoms with van der Waals surface area (Å²) in [4.78, 5) is 18.9. The van der Waals surface area contributed by atoms with Crippen LogP contribution in [0.25, 0.3) is 0 Å². The lowest BCUT2D eigenvalue weighted by Gasteiger charge is -2.36. The molecular weight excluding hydrogens is 512 g/mol. The van der Waals surface area contributed by atoms with E-state index in [0.717, 1.165) is 4.31 Å². The van der Waals surface area contributed by atoms with Crippen molar-refractivity contribution < 1.29 is 41.6 Å². The Labute approximate surface area is 200 Å². The number of ether oxygens (including phenoxy) is 1. The van der Waals surface area contributed by atoms with Crippen molar-refractivity contribution in [3.8, 4) is 0 Å². The molecule has 2 aromatic rings. The highest BCUT2D eigenvalue weighted by Crippen LogP contribution is 2.41. The molecule has 4 N–H and O–H groups in total. The van der Waals surface area contributed by atoms with Gasteiger partial charge in [0, 0.05) is 25.7 Å². The molecule has 34 heavy (non-hydrogen) atoms. The minimum atomic E-state index is -4.15. The van der Waals surface area contributed by atoms with Gasteiger partial charge in [0.25, 0.3) is 10.0 Å². The van der Waals surface area contributed by atoms with Gasteiger partial charge in [-0.05, 0) is 24.1 Å². The van der Waals surface area contributed by atoms with Gasteiger partial charge in [-0.2, -0.15) is 4.31 Å². The van der Waals surface area contributed by atoms with Crippen LogP contribution >= 0.6 is 11.3 Å². The second-order valence-electron chi connectivity index (χ2n) is 7.29. The van der Waals surface area contributed by atoms with Crippen molar-refractivity contribution in [2.24, 2.45) is 5.14 Å². The first-order valence-electron chi connectivity index (χ1n) is 9.80. The maximum absolute atomic E-state index is 13.0. The van der Waals surface area contributed by atoms with Crippen molar-refractivity contribution in [2.75, 3.05) is 20.1 Å². The molecule has 0 fully saturated rings. The van der Waals surface area contributed by atoms with Crippen LogP contribution in [0.15, 0.2) is 38.8 Å². The molecule has 1 aromatic heterocycles. The van der Waals surface area contributed by atoms with Gasteiger partial charge in [-0.25, -0.2) is 31.6 Å². The summed E-state index contributed by atoms with van der Waals surface area (Å²) in [6.07, 6.45) is -0.754. The summed E-state index contributed by atoms with van der Waals surface area (Å²) in [5.74, 6) is 0. The zero-order valence-electron chi connectivity index (χ0n) is 18.2. The van der Waals surface area contributed by atoms with Gasteiger partial charge in [0.1, 0.15) is 15.0 Å². The highest BCUT2D eigenvalue weighted by Gasteiger charge is 2.42. The van der Waals surface area contributed by atoms with Crippen LogP contribution in [0.4, 0.5) is 4.79 Å². The predicted molar refractivity (Wildman–Crippen MR) is 117 cm³/mol. The highest BCUT2D eigenvalue weighted by molar-refractivity contribution is 7.94. The Kier molecular flexibility index (Phi) is 7.96. The first-order chi connectivity index (χ1) is 15.9. The van der Waals surface area contributed by atoms with Gasteiger partial charge in [0.2, 0.25) is 10.0 Å². The van der Waals surface area contributed by atoms with Crippen LogP contribution in [-0.4, -0.2) is 68.1 Å². The fourth-order valence-electron chi connectivity index (χ4n) is 3.45. The van der Waals surface area contributed by atoms with Crippen LogP contribution in [0.1, 0.15) is 29.7 Å². The highest BCUT2D eigenvalue weighted by atomic mass is 32.3. The maximum atomic E-state index is 13.0. The molecule has 1 amide bonds. The van der Waals surface area contributed by atoms with Gasteiger partial charge in [-0.15, -0.1) is 11.3 Å². The number of likely N-dealkylation sites (N-methyl/N-ethyl adjacent to an activating group) is 2. The molecule has 0 unspecified atom stereocenters. The molecule has 0 spiro atoms. The normalized spacial score (nSPS) is 18.0. The summed E-state index contributed by atoms with van der Waals surface area (Å²) >= 11 is 0.536. The van der Waals surface area contributed by atoms with E-state index in [4.69, 9.17) is 20.3 Å². The summed E-state index contributed by atoms with van der Waals surface area (Å²) in [6, 6.07) is 7.09. The zero-order chi connectivity index (χ0) is 25.3. The number of amides is 1. The van der Waals surface area contributed by atoms with Crippen LogP contribution < -0.4 is 5.14 Å². The number of carbonyl (C=O) groups excluding carboxylic acids is 1. The molecule has 2 heterocycles. The van der Waals surface area contributed by atoms with E-state index in [-0.39, 0.29) is 40.3 Å². The largest absolute Gasteiger partial charge is 0.445 e. The molecular formula is C18H24N4O9S3. The maximum Gasteiger partial charge on any atom is 0.410 e. The summed E-state index contributed by atoms with van der Waals surface area (Å²) < 4.78 is 55.1. The number of thiophene rings is 1. The smallest absolute Gasteiger partial charge is 0.410 e. The second-order valence-corrected chi connectivity index (χ2v) is 12.4. The average Bonchev–Trinajstić information content (AvgIpc) is 3.23. The molecule has 0 radical (unpaired) electrons. The molecule has 1 atom stereocenters.